The molecule has 2 N–H and O–H groups in total. The first kappa shape index (κ1) is 20.2. The number of nitrogens with zero attached hydrogens (tertiary/aromatic N) is 2. The number of piperazine rings is 1. The minimum atomic E-state index is -0.0551. The number of unbranched alkanes of at least 4 members (excludes halogenated alkanes) is 1. The third kappa shape index (κ3) is 5.98. The number of carbonyl (C=O) groups excluding carboxylic acids is 2. The number of anilines is 2. The largest absolute Gasteiger partial charge is 0.368 e. The van der Waals surface area contributed by atoms with Crippen molar-refractivity contribution in [2.24, 2.45) is 0 Å². The Balaban J connectivity index is 1.82. The number of nitrogens with one attached hydrogen (secondary N) is 2. The predicted octanol–water partition coefficient (Wildman–Crippen LogP) is 2.75. The second-order valence-corrected chi connectivity index (χ2v) is 6.78. The molecule has 1 fully saturated rings. The van der Waals surface area contributed by atoms with E-state index in [4.69, 9.17) is 12.2 Å². The van der Waals surface area contributed by atoms with E-state index in [1.54, 1.807) is 0 Å². The van der Waals surface area contributed by atoms with Gasteiger partial charge in [0.25, 0.3) is 0 Å². The smallest absolute Gasteiger partial charge is 0.226 e. The van der Waals surface area contributed by atoms with Gasteiger partial charge in [0.1, 0.15) is 0 Å². The van der Waals surface area contributed by atoms with Gasteiger partial charge >= 0.3 is 0 Å². The summed E-state index contributed by atoms with van der Waals surface area (Å²) in [4.78, 5) is 27.6. The van der Waals surface area contributed by atoms with Gasteiger partial charge in [-0.1, -0.05) is 20.3 Å². The Labute approximate surface area is 160 Å². The Morgan fingerprint density at radius 3 is 2.31 bits per heavy atom. The van der Waals surface area contributed by atoms with Gasteiger partial charge in [0.15, 0.2) is 5.11 Å². The van der Waals surface area contributed by atoms with Crippen molar-refractivity contribution >= 4 is 40.5 Å². The maximum absolute atomic E-state index is 11.7. The van der Waals surface area contributed by atoms with Crippen LogP contribution in [0.4, 0.5) is 11.4 Å². The Hall–Kier alpha value is -2.15. The van der Waals surface area contributed by atoms with Crippen LogP contribution >= 0.6 is 12.2 Å². The maximum Gasteiger partial charge on any atom is 0.226 e. The summed E-state index contributed by atoms with van der Waals surface area (Å²) >= 11 is 5.18. The van der Waals surface area contributed by atoms with Crippen LogP contribution in [0.2, 0.25) is 0 Å². The molecule has 0 unspecified atom stereocenters. The van der Waals surface area contributed by atoms with Crippen molar-refractivity contribution in [3.63, 3.8) is 0 Å². The normalized spacial score (nSPS) is 14.1. The van der Waals surface area contributed by atoms with Crippen LogP contribution in [0.3, 0.4) is 0 Å². The molecule has 1 heterocycles. The van der Waals surface area contributed by atoms with E-state index in [0.717, 1.165) is 50.4 Å². The maximum atomic E-state index is 11.7. The number of hydrogen-bond donors (Lipinski definition) is 2. The van der Waals surface area contributed by atoms with Crippen molar-refractivity contribution < 1.29 is 9.59 Å². The third-order valence-corrected chi connectivity index (χ3v) is 4.64. The Morgan fingerprint density at radius 2 is 1.73 bits per heavy atom. The van der Waals surface area contributed by atoms with Gasteiger partial charge in [-0.2, -0.15) is 0 Å². The van der Waals surface area contributed by atoms with Crippen molar-refractivity contribution in [2.75, 3.05) is 36.4 Å². The number of benzene rings is 1. The van der Waals surface area contributed by atoms with Crippen LogP contribution in [0.25, 0.3) is 0 Å². The van der Waals surface area contributed by atoms with Crippen molar-refractivity contribution in [1.29, 1.82) is 0 Å². The summed E-state index contributed by atoms with van der Waals surface area (Å²) < 4.78 is 0. The quantitative estimate of drug-likeness (QED) is 0.748. The molecule has 142 valence electrons. The first-order chi connectivity index (χ1) is 12.5. The first-order valence-corrected chi connectivity index (χ1v) is 9.68. The van der Waals surface area contributed by atoms with Gasteiger partial charge < -0.3 is 20.4 Å². The lowest BCUT2D eigenvalue weighted by Gasteiger charge is -2.36. The molecule has 0 radical (unpaired) electrons. The molecule has 0 spiro atoms. The second-order valence-electron chi connectivity index (χ2n) is 6.37. The molecule has 1 saturated heterocycles. The third-order valence-electron chi connectivity index (χ3n) is 4.44. The fourth-order valence-corrected chi connectivity index (χ4v) is 3.11. The lowest BCUT2D eigenvalue weighted by Crippen LogP contribution is -2.48. The minimum Gasteiger partial charge on any atom is -0.368 e. The molecular weight excluding hydrogens is 348 g/mol. The number of thiocarbonyl (C=S) groups is 1. The molecule has 1 aliphatic heterocycles. The Bertz CT molecular complexity index is 625. The average Bonchev–Trinajstić information content (AvgIpc) is 2.66. The standard InChI is InChI=1S/C19H28N4O2S/c1-3-5-6-17(24)21-19(26)20-15-7-9-16(10-8-15)22-11-13-23(14-12-22)18(25)4-2/h7-10H,3-6,11-14H2,1-2H3,(H2,20,21,24,26). The van der Waals surface area contributed by atoms with Crippen LogP contribution < -0.4 is 15.5 Å². The number of hydrogen-bond acceptors (Lipinski definition) is 4. The molecule has 6 nitrogen and oxygen atoms in total. The predicted molar refractivity (Wildman–Crippen MR) is 109 cm³/mol. The van der Waals surface area contributed by atoms with Gasteiger partial charge in [-0.3, -0.25) is 9.59 Å². The van der Waals surface area contributed by atoms with E-state index < -0.39 is 0 Å². The highest BCUT2D eigenvalue weighted by atomic mass is 32.1. The zero-order valence-electron chi connectivity index (χ0n) is 15.6. The Kier molecular flexibility index (Phi) is 7.84. The average molecular weight is 377 g/mol. The van der Waals surface area contributed by atoms with Gasteiger partial charge in [0.05, 0.1) is 0 Å². The van der Waals surface area contributed by atoms with Crippen LogP contribution in [0, 0.1) is 0 Å². The first-order valence-electron chi connectivity index (χ1n) is 9.27. The summed E-state index contributed by atoms with van der Waals surface area (Å²) in [5.41, 5.74) is 1.96. The van der Waals surface area contributed by atoms with E-state index >= 15 is 0 Å². The molecule has 2 amide bonds. The lowest BCUT2D eigenvalue weighted by molar-refractivity contribution is -0.131. The van der Waals surface area contributed by atoms with E-state index in [9.17, 15) is 9.59 Å². The highest BCUT2D eigenvalue weighted by Crippen LogP contribution is 2.19. The summed E-state index contributed by atoms with van der Waals surface area (Å²) in [5, 5.41) is 6.06. The van der Waals surface area contributed by atoms with Gasteiger partial charge in [0.2, 0.25) is 11.8 Å². The molecular formula is C19H28N4O2S. The SMILES string of the molecule is CCCCC(=O)NC(=S)Nc1ccc(N2CCN(C(=O)CC)CC2)cc1. The molecule has 1 aromatic carbocycles. The van der Waals surface area contributed by atoms with E-state index in [1.165, 1.54) is 0 Å². The van der Waals surface area contributed by atoms with Crippen molar-refractivity contribution in [3.8, 4) is 0 Å². The highest BCUT2D eigenvalue weighted by molar-refractivity contribution is 7.80. The minimum absolute atomic E-state index is 0.0551. The summed E-state index contributed by atoms with van der Waals surface area (Å²) in [6.07, 6.45) is 2.90. The number of rotatable bonds is 6. The summed E-state index contributed by atoms with van der Waals surface area (Å²) in [6.45, 7) is 7.15. The molecule has 2 rings (SSSR count). The number of carbonyl (C=O) groups is 2. The van der Waals surface area contributed by atoms with Crippen LogP contribution in [0.15, 0.2) is 24.3 Å². The van der Waals surface area contributed by atoms with Crippen LogP contribution in [0.5, 0.6) is 0 Å². The lowest BCUT2D eigenvalue weighted by atomic mass is 10.2. The molecule has 0 aliphatic carbocycles. The van der Waals surface area contributed by atoms with Gasteiger partial charge in [0, 0.05) is 50.4 Å². The summed E-state index contributed by atoms with van der Waals surface area (Å²) in [7, 11) is 0. The van der Waals surface area contributed by atoms with Crippen LogP contribution in [-0.2, 0) is 9.59 Å². The molecule has 26 heavy (non-hydrogen) atoms. The fraction of sp³-hybridized carbons (Fsp3) is 0.526. The van der Waals surface area contributed by atoms with E-state index in [2.05, 4.69) is 15.5 Å². The van der Waals surface area contributed by atoms with Crippen LogP contribution in [0.1, 0.15) is 39.5 Å². The summed E-state index contributed by atoms with van der Waals surface area (Å²) in [6, 6.07) is 7.95. The van der Waals surface area contributed by atoms with Crippen molar-refractivity contribution in [2.45, 2.75) is 39.5 Å². The molecule has 0 bridgehead atoms. The van der Waals surface area contributed by atoms with Crippen molar-refractivity contribution in [1.82, 2.24) is 10.2 Å². The molecule has 0 aromatic heterocycles. The summed E-state index contributed by atoms with van der Waals surface area (Å²) in [5.74, 6) is 0.166. The van der Waals surface area contributed by atoms with Gasteiger partial charge in [-0.15, -0.1) is 0 Å². The topological polar surface area (TPSA) is 64.7 Å². The zero-order chi connectivity index (χ0) is 18.9. The van der Waals surface area contributed by atoms with E-state index in [1.807, 2.05) is 43.0 Å². The monoisotopic (exact) mass is 376 g/mol. The molecule has 1 aliphatic rings. The van der Waals surface area contributed by atoms with Gasteiger partial charge in [-0.05, 0) is 42.9 Å². The second kappa shape index (κ2) is 10.1. The fourth-order valence-electron chi connectivity index (χ4n) is 2.88. The van der Waals surface area contributed by atoms with E-state index in [0.29, 0.717) is 18.0 Å². The molecule has 0 atom stereocenters. The number of amides is 2. The molecule has 7 heteroatoms. The molecule has 0 saturated carbocycles. The van der Waals surface area contributed by atoms with Gasteiger partial charge in [-0.25, -0.2) is 0 Å². The molecule has 1 aromatic rings. The Morgan fingerprint density at radius 1 is 1.08 bits per heavy atom. The van der Waals surface area contributed by atoms with Crippen LogP contribution in [-0.4, -0.2) is 48.0 Å². The van der Waals surface area contributed by atoms with Crippen molar-refractivity contribution in [3.05, 3.63) is 24.3 Å². The van der Waals surface area contributed by atoms with E-state index in [-0.39, 0.29) is 11.8 Å². The highest BCUT2D eigenvalue weighted by Gasteiger charge is 2.20. The zero-order valence-corrected chi connectivity index (χ0v) is 16.4.